The number of hydrogen-bond acceptors (Lipinski definition) is 4. The van der Waals surface area contributed by atoms with E-state index < -0.39 is 5.97 Å². The third-order valence-electron chi connectivity index (χ3n) is 3.52. The molecule has 5 nitrogen and oxygen atoms in total. The summed E-state index contributed by atoms with van der Waals surface area (Å²) in [5.41, 5.74) is 1.19. The first-order valence-corrected chi connectivity index (χ1v) is 5.90. The molecule has 1 aromatic rings. The Hall–Kier alpha value is -1.49. The summed E-state index contributed by atoms with van der Waals surface area (Å²) in [6, 6.07) is 0. The zero-order chi connectivity index (χ0) is 12.3. The molecule has 0 saturated heterocycles. The molecule has 1 saturated carbocycles. The molecule has 1 fully saturated rings. The van der Waals surface area contributed by atoms with Crippen LogP contribution in [0.25, 0.3) is 0 Å². The first-order chi connectivity index (χ1) is 8.17. The van der Waals surface area contributed by atoms with E-state index in [-0.39, 0.29) is 5.56 Å². The molecule has 0 unspecified atom stereocenters. The van der Waals surface area contributed by atoms with Crippen molar-refractivity contribution in [3.63, 3.8) is 0 Å². The Morgan fingerprint density at radius 1 is 1.59 bits per heavy atom. The van der Waals surface area contributed by atoms with Gasteiger partial charge in [-0.15, -0.1) is 0 Å². The van der Waals surface area contributed by atoms with Gasteiger partial charge >= 0.3 is 5.97 Å². The van der Waals surface area contributed by atoms with Crippen LogP contribution >= 0.6 is 0 Å². The lowest BCUT2D eigenvalue weighted by atomic mass is 10.0. The highest BCUT2D eigenvalue weighted by Crippen LogP contribution is 2.47. The summed E-state index contributed by atoms with van der Waals surface area (Å²) in [6.07, 6.45) is 6.45. The SMILES string of the molecule is CCC1(CNCc2ncncc2C(=O)O)CC1. The van der Waals surface area contributed by atoms with Gasteiger partial charge in [-0.05, 0) is 24.7 Å². The average Bonchev–Trinajstić information content (AvgIpc) is 3.10. The van der Waals surface area contributed by atoms with E-state index in [1.54, 1.807) is 0 Å². The highest BCUT2D eigenvalue weighted by Gasteiger charge is 2.39. The summed E-state index contributed by atoms with van der Waals surface area (Å²) in [4.78, 5) is 18.7. The molecule has 1 aliphatic carbocycles. The Bertz CT molecular complexity index is 416. The van der Waals surface area contributed by atoms with Crippen molar-refractivity contribution in [2.75, 3.05) is 6.54 Å². The van der Waals surface area contributed by atoms with Gasteiger partial charge < -0.3 is 10.4 Å². The molecule has 92 valence electrons. The lowest BCUT2D eigenvalue weighted by molar-refractivity contribution is 0.0694. The summed E-state index contributed by atoms with van der Waals surface area (Å²) in [5.74, 6) is -0.973. The van der Waals surface area contributed by atoms with Crippen LogP contribution in [0.4, 0.5) is 0 Å². The zero-order valence-electron chi connectivity index (χ0n) is 9.94. The molecule has 0 amide bonds. The van der Waals surface area contributed by atoms with Gasteiger partial charge in [0, 0.05) is 19.3 Å². The number of hydrogen-bond donors (Lipinski definition) is 2. The van der Waals surface area contributed by atoms with Crippen LogP contribution in [0.2, 0.25) is 0 Å². The molecule has 17 heavy (non-hydrogen) atoms. The molecule has 1 aliphatic rings. The van der Waals surface area contributed by atoms with Crippen LogP contribution in [0.3, 0.4) is 0 Å². The van der Waals surface area contributed by atoms with Gasteiger partial charge in [-0.25, -0.2) is 14.8 Å². The second-order valence-electron chi connectivity index (χ2n) is 4.65. The highest BCUT2D eigenvalue weighted by atomic mass is 16.4. The van der Waals surface area contributed by atoms with Crippen LogP contribution in [0.15, 0.2) is 12.5 Å². The molecule has 0 atom stereocenters. The lowest BCUT2D eigenvalue weighted by Gasteiger charge is -2.13. The lowest BCUT2D eigenvalue weighted by Crippen LogP contribution is -2.24. The Morgan fingerprint density at radius 2 is 2.35 bits per heavy atom. The molecule has 5 heteroatoms. The van der Waals surface area contributed by atoms with E-state index in [2.05, 4.69) is 22.2 Å². The summed E-state index contributed by atoms with van der Waals surface area (Å²) < 4.78 is 0. The third kappa shape index (κ3) is 2.79. The molecule has 0 aromatic carbocycles. The second-order valence-corrected chi connectivity index (χ2v) is 4.65. The normalized spacial score (nSPS) is 16.8. The monoisotopic (exact) mass is 235 g/mol. The van der Waals surface area contributed by atoms with Gasteiger partial charge in [-0.3, -0.25) is 0 Å². The summed E-state index contributed by atoms with van der Waals surface area (Å²) >= 11 is 0. The Morgan fingerprint density at radius 3 is 2.94 bits per heavy atom. The molecular formula is C12H17N3O2. The molecule has 0 bridgehead atoms. The van der Waals surface area contributed by atoms with E-state index in [1.165, 1.54) is 31.8 Å². The smallest absolute Gasteiger partial charge is 0.339 e. The number of carboxylic acid groups (broad SMARTS) is 1. The maximum absolute atomic E-state index is 10.9. The van der Waals surface area contributed by atoms with Crippen molar-refractivity contribution in [2.45, 2.75) is 32.7 Å². The van der Waals surface area contributed by atoms with E-state index in [9.17, 15) is 4.79 Å². The van der Waals surface area contributed by atoms with Crippen LogP contribution in [0, 0.1) is 5.41 Å². The minimum atomic E-state index is -0.973. The molecular weight excluding hydrogens is 218 g/mol. The maximum atomic E-state index is 10.9. The van der Waals surface area contributed by atoms with Crippen LogP contribution in [0.5, 0.6) is 0 Å². The van der Waals surface area contributed by atoms with E-state index >= 15 is 0 Å². The highest BCUT2D eigenvalue weighted by molar-refractivity contribution is 5.88. The molecule has 2 N–H and O–H groups in total. The van der Waals surface area contributed by atoms with Crippen molar-refractivity contribution < 1.29 is 9.90 Å². The van der Waals surface area contributed by atoms with Crippen molar-refractivity contribution >= 4 is 5.97 Å². The Labute approximate surface area is 100 Å². The Kier molecular flexibility index (Phi) is 3.38. The minimum Gasteiger partial charge on any atom is -0.478 e. The molecule has 0 radical (unpaired) electrons. The Balaban J connectivity index is 1.92. The fourth-order valence-electron chi connectivity index (χ4n) is 1.95. The van der Waals surface area contributed by atoms with Crippen LogP contribution < -0.4 is 5.32 Å². The third-order valence-corrected chi connectivity index (χ3v) is 3.52. The fourth-order valence-corrected chi connectivity index (χ4v) is 1.95. The van der Waals surface area contributed by atoms with Crippen LogP contribution in [-0.4, -0.2) is 27.6 Å². The van der Waals surface area contributed by atoms with Crippen molar-refractivity contribution in [1.82, 2.24) is 15.3 Å². The van der Waals surface area contributed by atoms with Crippen LogP contribution in [-0.2, 0) is 6.54 Å². The first-order valence-electron chi connectivity index (χ1n) is 5.90. The summed E-state index contributed by atoms with van der Waals surface area (Å²) in [5, 5.41) is 12.3. The molecule has 1 heterocycles. The van der Waals surface area contributed by atoms with Gasteiger partial charge in [-0.2, -0.15) is 0 Å². The molecule has 0 spiro atoms. The van der Waals surface area contributed by atoms with E-state index in [1.807, 2.05) is 0 Å². The fraction of sp³-hybridized carbons (Fsp3) is 0.583. The first kappa shape index (κ1) is 12.0. The number of rotatable bonds is 6. The van der Waals surface area contributed by atoms with Gasteiger partial charge in [0.15, 0.2) is 0 Å². The minimum absolute atomic E-state index is 0.182. The number of carbonyl (C=O) groups is 1. The van der Waals surface area contributed by atoms with Gasteiger partial charge in [0.1, 0.15) is 11.9 Å². The van der Waals surface area contributed by atoms with E-state index in [0.717, 1.165) is 6.54 Å². The predicted molar refractivity (Wildman–Crippen MR) is 62.7 cm³/mol. The van der Waals surface area contributed by atoms with E-state index in [4.69, 9.17) is 5.11 Å². The maximum Gasteiger partial charge on any atom is 0.339 e. The van der Waals surface area contributed by atoms with Gasteiger partial charge in [0.05, 0.1) is 5.69 Å². The number of aromatic nitrogens is 2. The number of nitrogens with one attached hydrogen (secondary N) is 1. The summed E-state index contributed by atoms with van der Waals surface area (Å²) in [7, 11) is 0. The average molecular weight is 235 g/mol. The van der Waals surface area contributed by atoms with Crippen molar-refractivity contribution in [3.05, 3.63) is 23.8 Å². The van der Waals surface area contributed by atoms with Gasteiger partial charge in [-0.1, -0.05) is 6.92 Å². The van der Waals surface area contributed by atoms with Gasteiger partial charge in [0.2, 0.25) is 0 Å². The van der Waals surface area contributed by atoms with Crippen molar-refractivity contribution in [1.29, 1.82) is 0 Å². The standard InChI is InChI=1S/C12H17N3O2/c1-2-12(3-4-12)7-13-6-10-9(11(16)17)5-14-8-15-10/h5,8,13H,2-4,6-7H2,1H3,(H,16,17). The molecule has 2 rings (SSSR count). The molecule has 0 aliphatic heterocycles. The van der Waals surface area contributed by atoms with Crippen molar-refractivity contribution in [3.8, 4) is 0 Å². The van der Waals surface area contributed by atoms with E-state index in [0.29, 0.717) is 17.7 Å². The number of carboxylic acids is 1. The quantitative estimate of drug-likeness (QED) is 0.780. The zero-order valence-corrected chi connectivity index (χ0v) is 9.94. The van der Waals surface area contributed by atoms with Gasteiger partial charge in [0.25, 0.3) is 0 Å². The summed E-state index contributed by atoms with van der Waals surface area (Å²) in [6.45, 7) is 3.63. The predicted octanol–water partition coefficient (Wildman–Crippen LogP) is 1.45. The number of aromatic carboxylic acids is 1. The number of nitrogens with zero attached hydrogens (tertiary/aromatic N) is 2. The second kappa shape index (κ2) is 4.79. The topological polar surface area (TPSA) is 75.1 Å². The molecule has 1 aromatic heterocycles. The van der Waals surface area contributed by atoms with Crippen LogP contribution in [0.1, 0.15) is 42.2 Å². The van der Waals surface area contributed by atoms with Crippen molar-refractivity contribution in [2.24, 2.45) is 5.41 Å². The largest absolute Gasteiger partial charge is 0.478 e.